The summed E-state index contributed by atoms with van der Waals surface area (Å²) in [6, 6.07) is 15.2. The number of benzene rings is 2. The molecule has 0 atom stereocenters. The fraction of sp³-hybridized carbons (Fsp3) is 0.0952. The van der Waals surface area contributed by atoms with Crippen molar-refractivity contribution in [3.05, 3.63) is 83.8 Å². The number of carbonyl (C=O) groups is 2. The first-order valence-electron chi connectivity index (χ1n) is 8.31. The number of aromatic nitrogens is 1. The molecule has 1 heterocycles. The molecule has 3 rings (SSSR count). The van der Waals surface area contributed by atoms with Crippen LogP contribution >= 0.6 is 0 Å². The molecule has 0 aliphatic heterocycles. The molecule has 0 spiro atoms. The second-order valence-electron chi connectivity index (χ2n) is 5.77. The summed E-state index contributed by atoms with van der Waals surface area (Å²) in [5, 5.41) is 3.56. The van der Waals surface area contributed by atoms with E-state index in [-0.39, 0.29) is 12.4 Å². The third-order valence-electron chi connectivity index (χ3n) is 3.81. The van der Waals surface area contributed by atoms with Crippen LogP contribution in [-0.2, 0) is 20.9 Å². The number of nitrogens with one attached hydrogen (secondary N) is 1. The molecule has 0 aliphatic rings. The van der Waals surface area contributed by atoms with Crippen LogP contribution in [0.4, 0.5) is 4.39 Å². The Morgan fingerprint density at radius 3 is 2.67 bits per heavy atom. The number of halogens is 1. The average molecular weight is 364 g/mol. The second kappa shape index (κ2) is 8.71. The van der Waals surface area contributed by atoms with Crippen molar-refractivity contribution in [2.45, 2.75) is 6.54 Å². The minimum absolute atomic E-state index is 0.230. The van der Waals surface area contributed by atoms with E-state index >= 15 is 0 Å². The molecule has 0 saturated heterocycles. The molecule has 2 aromatic carbocycles. The van der Waals surface area contributed by atoms with E-state index in [9.17, 15) is 14.0 Å². The Morgan fingerprint density at radius 1 is 1.07 bits per heavy atom. The Kier molecular flexibility index (Phi) is 5.89. The predicted molar refractivity (Wildman–Crippen MR) is 100.0 cm³/mol. The topological polar surface area (TPSA) is 68.3 Å². The zero-order valence-corrected chi connectivity index (χ0v) is 14.4. The van der Waals surface area contributed by atoms with E-state index in [1.165, 1.54) is 18.2 Å². The largest absolute Gasteiger partial charge is 0.452 e. The molecule has 0 saturated carbocycles. The summed E-state index contributed by atoms with van der Waals surface area (Å²) in [6.45, 7) is -0.160. The number of hydrogen-bond acceptors (Lipinski definition) is 4. The van der Waals surface area contributed by atoms with Gasteiger partial charge in [0.15, 0.2) is 6.61 Å². The molecule has 0 bridgehead atoms. The number of fused-ring (bicyclic) bond motifs is 1. The summed E-state index contributed by atoms with van der Waals surface area (Å²) in [5.41, 5.74) is 2.31. The molecule has 6 heteroatoms. The monoisotopic (exact) mass is 364 g/mol. The molecule has 27 heavy (non-hydrogen) atoms. The molecule has 0 fully saturated rings. The van der Waals surface area contributed by atoms with Crippen molar-refractivity contribution in [2.24, 2.45) is 0 Å². The highest BCUT2D eigenvalue weighted by Crippen LogP contribution is 2.17. The lowest BCUT2D eigenvalue weighted by Gasteiger charge is -2.05. The number of nitrogens with zero attached hydrogens (tertiary/aromatic N) is 1. The molecular formula is C21H17FN2O3. The zero-order valence-electron chi connectivity index (χ0n) is 14.4. The van der Waals surface area contributed by atoms with Crippen molar-refractivity contribution < 1.29 is 18.7 Å². The summed E-state index contributed by atoms with van der Waals surface area (Å²) in [5.74, 6) is -1.40. The van der Waals surface area contributed by atoms with Crippen molar-refractivity contribution in [1.82, 2.24) is 10.3 Å². The number of ether oxygens (including phenoxy) is 1. The van der Waals surface area contributed by atoms with Gasteiger partial charge >= 0.3 is 5.97 Å². The maximum Gasteiger partial charge on any atom is 0.331 e. The number of para-hydroxylation sites is 1. The Labute approximate surface area is 155 Å². The van der Waals surface area contributed by atoms with Crippen LogP contribution < -0.4 is 5.32 Å². The number of pyridine rings is 1. The van der Waals surface area contributed by atoms with Crippen LogP contribution in [0.3, 0.4) is 0 Å². The quantitative estimate of drug-likeness (QED) is 0.539. The SMILES string of the molecule is O=C(COC(=O)/C=C\c1cccc2cccnc12)NCc1ccc(F)cc1. The molecule has 1 amide bonds. The van der Waals surface area contributed by atoms with E-state index in [2.05, 4.69) is 10.3 Å². The second-order valence-corrected chi connectivity index (χ2v) is 5.77. The van der Waals surface area contributed by atoms with Crippen LogP contribution in [-0.4, -0.2) is 23.5 Å². The highest BCUT2D eigenvalue weighted by Gasteiger charge is 2.06. The molecule has 0 unspecified atom stereocenters. The third kappa shape index (κ3) is 5.22. The first kappa shape index (κ1) is 18.3. The molecule has 1 N–H and O–H groups in total. The summed E-state index contributed by atoms with van der Waals surface area (Å²) in [7, 11) is 0. The lowest BCUT2D eigenvalue weighted by atomic mass is 10.1. The van der Waals surface area contributed by atoms with Crippen LogP contribution in [0, 0.1) is 5.82 Å². The minimum atomic E-state index is -0.625. The van der Waals surface area contributed by atoms with Crippen LogP contribution in [0.15, 0.2) is 66.9 Å². The van der Waals surface area contributed by atoms with Gasteiger partial charge in [-0.2, -0.15) is 0 Å². The number of amides is 1. The van der Waals surface area contributed by atoms with Crippen LogP contribution in [0.2, 0.25) is 0 Å². The smallest absolute Gasteiger partial charge is 0.331 e. The zero-order chi connectivity index (χ0) is 19.1. The van der Waals surface area contributed by atoms with Gasteiger partial charge in [-0.05, 0) is 29.8 Å². The van der Waals surface area contributed by atoms with Gasteiger partial charge in [-0.25, -0.2) is 9.18 Å². The molecule has 3 aromatic rings. The van der Waals surface area contributed by atoms with Crippen LogP contribution in [0.25, 0.3) is 17.0 Å². The number of rotatable bonds is 6. The molecule has 0 aliphatic carbocycles. The van der Waals surface area contributed by atoms with E-state index in [1.54, 1.807) is 24.4 Å². The first-order chi connectivity index (χ1) is 13.1. The van der Waals surface area contributed by atoms with Gasteiger partial charge in [0.05, 0.1) is 5.52 Å². The van der Waals surface area contributed by atoms with E-state index in [0.29, 0.717) is 0 Å². The summed E-state index contributed by atoms with van der Waals surface area (Å²) < 4.78 is 17.7. The lowest BCUT2D eigenvalue weighted by Crippen LogP contribution is -2.28. The van der Waals surface area contributed by atoms with Crippen molar-refractivity contribution in [1.29, 1.82) is 0 Å². The van der Waals surface area contributed by atoms with Gasteiger partial charge in [0.2, 0.25) is 0 Å². The highest BCUT2D eigenvalue weighted by molar-refractivity contribution is 5.93. The van der Waals surface area contributed by atoms with Gasteiger partial charge in [0.25, 0.3) is 5.91 Å². The third-order valence-corrected chi connectivity index (χ3v) is 3.81. The van der Waals surface area contributed by atoms with Gasteiger partial charge in [-0.15, -0.1) is 0 Å². The van der Waals surface area contributed by atoms with Crippen molar-refractivity contribution in [3.63, 3.8) is 0 Å². The van der Waals surface area contributed by atoms with E-state index < -0.39 is 18.5 Å². The fourth-order valence-electron chi connectivity index (χ4n) is 2.46. The van der Waals surface area contributed by atoms with Gasteiger partial charge in [0.1, 0.15) is 5.82 Å². The maximum absolute atomic E-state index is 12.8. The summed E-state index contributed by atoms with van der Waals surface area (Å²) in [6.07, 6.45) is 4.55. The minimum Gasteiger partial charge on any atom is -0.452 e. The lowest BCUT2D eigenvalue weighted by molar-refractivity contribution is -0.143. The highest BCUT2D eigenvalue weighted by atomic mass is 19.1. The predicted octanol–water partition coefficient (Wildman–Crippen LogP) is 3.25. The van der Waals surface area contributed by atoms with E-state index in [0.717, 1.165) is 22.0 Å². The molecule has 5 nitrogen and oxygen atoms in total. The Bertz CT molecular complexity index is 979. The van der Waals surface area contributed by atoms with Gasteiger partial charge in [-0.3, -0.25) is 9.78 Å². The Balaban J connectivity index is 1.49. The fourth-order valence-corrected chi connectivity index (χ4v) is 2.46. The molecule has 136 valence electrons. The van der Waals surface area contributed by atoms with Gasteiger partial charge in [-0.1, -0.05) is 36.4 Å². The van der Waals surface area contributed by atoms with E-state index in [1.807, 2.05) is 30.3 Å². The molecular weight excluding hydrogens is 347 g/mol. The summed E-state index contributed by atoms with van der Waals surface area (Å²) >= 11 is 0. The number of esters is 1. The number of hydrogen-bond donors (Lipinski definition) is 1. The number of carbonyl (C=O) groups excluding carboxylic acids is 2. The summed E-state index contributed by atoms with van der Waals surface area (Å²) in [4.78, 5) is 27.9. The van der Waals surface area contributed by atoms with Crippen LogP contribution in [0.1, 0.15) is 11.1 Å². The molecule has 1 aromatic heterocycles. The Hall–Kier alpha value is -3.54. The van der Waals surface area contributed by atoms with Crippen LogP contribution in [0.5, 0.6) is 0 Å². The van der Waals surface area contributed by atoms with Gasteiger partial charge in [0, 0.05) is 29.8 Å². The van der Waals surface area contributed by atoms with E-state index in [4.69, 9.17) is 4.74 Å². The van der Waals surface area contributed by atoms with Crippen molar-refractivity contribution in [3.8, 4) is 0 Å². The van der Waals surface area contributed by atoms with Crippen molar-refractivity contribution >= 4 is 28.9 Å². The van der Waals surface area contributed by atoms with Crippen molar-refractivity contribution in [2.75, 3.05) is 6.61 Å². The first-order valence-corrected chi connectivity index (χ1v) is 8.31. The average Bonchev–Trinajstić information content (AvgIpc) is 2.70. The maximum atomic E-state index is 12.8. The Morgan fingerprint density at radius 2 is 1.85 bits per heavy atom. The molecule has 0 radical (unpaired) electrons. The van der Waals surface area contributed by atoms with Gasteiger partial charge < -0.3 is 10.1 Å². The standard InChI is InChI=1S/C21H17FN2O3/c22-18-9-6-15(7-10-18)13-24-19(25)14-27-20(26)11-8-17-4-1-3-16-5-2-12-23-21(16)17/h1-12H,13-14H2,(H,24,25)/b11-8-. The normalized spacial score (nSPS) is 10.9.